The minimum absolute atomic E-state index is 0. The number of hydrazone groups is 1. The number of nitrogens with zero attached hydrogens (tertiary/aromatic N) is 1. The lowest BCUT2D eigenvalue weighted by Gasteiger charge is -1.96. The smallest absolute Gasteiger partial charge is 0.206 e. The molecule has 1 aromatic carbocycles. The first kappa shape index (κ1) is 13.3. The van der Waals surface area contributed by atoms with Crippen molar-refractivity contribution in [3.05, 3.63) is 35.4 Å². The topological polar surface area (TPSA) is 74.3 Å². The molecule has 0 saturated carbocycles. The van der Waals surface area contributed by atoms with Crippen LogP contribution in [0.2, 0.25) is 0 Å². The summed E-state index contributed by atoms with van der Waals surface area (Å²) in [6, 6.07) is 3.09. The number of nitrogens with two attached hydrogens (primary N) is 1. The summed E-state index contributed by atoms with van der Waals surface area (Å²) in [5.74, 6) is -1.73. The summed E-state index contributed by atoms with van der Waals surface area (Å²) in [6.45, 7) is 0. The Balaban J connectivity index is 0.00000196. The van der Waals surface area contributed by atoms with Gasteiger partial charge in [-0.25, -0.2) is 14.2 Å². The molecule has 7 heteroatoms. The number of benzene rings is 1. The predicted molar refractivity (Wildman–Crippen MR) is 56.2 cm³/mol. The monoisotopic (exact) mass is 234 g/mol. The second-order valence-electron chi connectivity index (χ2n) is 2.45. The zero-order valence-electron chi connectivity index (χ0n) is 7.50. The van der Waals surface area contributed by atoms with Crippen molar-refractivity contribution in [2.75, 3.05) is 0 Å². The molecule has 0 aliphatic heterocycles. The van der Waals surface area contributed by atoms with E-state index < -0.39 is 11.6 Å². The average molecular weight is 235 g/mol. The number of guanidine groups is 1. The van der Waals surface area contributed by atoms with Crippen molar-refractivity contribution in [1.82, 2.24) is 5.43 Å². The van der Waals surface area contributed by atoms with Gasteiger partial charge in [0.1, 0.15) is 11.6 Å². The number of nitrogens with one attached hydrogen (secondary N) is 2. The molecule has 0 radical (unpaired) electrons. The van der Waals surface area contributed by atoms with Crippen molar-refractivity contribution in [2.24, 2.45) is 10.8 Å². The van der Waals surface area contributed by atoms with Gasteiger partial charge in [0.2, 0.25) is 5.96 Å². The van der Waals surface area contributed by atoms with E-state index in [0.717, 1.165) is 18.3 Å². The minimum Gasteiger partial charge on any atom is -0.369 e. The van der Waals surface area contributed by atoms with Gasteiger partial charge in [0.05, 0.1) is 6.21 Å². The molecule has 0 heterocycles. The summed E-state index contributed by atoms with van der Waals surface area (Å²) in [7, 11) is 0. The van der Waals surface area contributed by atoms with E-state index in [1.807, 2.05) is 0 Å². The van der Waals surface area contributed by atoms with Gasteiger partial charge in [-0.2, -0.15) is 5.10 Å². The molecule has 1 aromatic rings. The molecule has 0 unspecified atom stereocenters. The predicted octanol–water partition coefficient (Wildman–Crippen LogP) is 1.20. The molecule has 0 aromatic heterocycles. The highest BCUT2D eigenvalue weighted by Crippen LogP contribution is 2.06. The Hall–Kier alpha value is -1.69. The van der Waals surface area contributed by atoms with Crippen LogP contribution >= 0.6 is 12.4 Å². The molecule has 0 fully saturated rings. The summed E-state index contributed by atoms with van der Waals surface area (Å²) in [5, 5.41) is 10.2. The van der Waals surface area contributed by atoms with Gasteiger partial charge < -0.3 is 5.73 Å². The zero-order chi connectivity index (χ0) is 10.6. The van der Waals surface area contributed by atoms with E-state index in [1.54, 1.807) is 0 Å². The Bertz CT molecular complexity index is 381. The highest BCUT2D eigenvalue weighted by molar-refractivity contribution is 5.85. The van der Waals surface area contributed by atoms with Crippen LogP contribution in [0, 0.1) is 17.0 Å². The number of rotatable bonds is 2. The molecular weight excluding hydrogens is 226 g/mol. The van der Waals surface area contributed by atoms with Crippen LogP contribution in [-0.4, -0.2) is 12.2 Å². The lowest BCUT2D eigenvalue weighted by molar-refractivity contribution is 0.582. The molecule has 0 bridgehead atoms. The van der Waals surface area contributed by atoms with Crippen LogP contribution in [0.15, 0.2) is 23.3 Å². The van der Waals surface area contributed by atoms with E-state index in [1.165, 1.54) is 6.07 Å². The Morgan fingerprint density at radius 3 is 2.67 bits per heavy atom. The quantitative estimate of drug-likeness (QED) is 0.409. The van der Waals surface area contributed by atoms with E-state index in [9.17, 15) is 8.78 Å². The third kappa shape index (κ3) is 4.37. The van der Waals surface area contributed by atoms with Crippen molar-refractivity contribution < 1.29 is 8.78 Å². The highest BCUT2D eigenvalue weighted by Gasteiger charge is 2.00. The number of halogens is 3. The molecule has 4 nitrogen and oxygen atoms in total. The third-order valence-corrected chi connectivity index (χ3v) is 1.35. The van der Waals surface area contributed by atoms with Crippen molar-refractivity contribution >= 4 is 24.6 Å². The van der Waals surface area contributed by atoms with Crippen LogP contribution in [0.3, 0.4) is 0 Å². The van der Waals surface area contributed by atoms with Crippen molar-refractivity contribution in [3.63, 3.8) is 0 Å². The fourth-order valence-corrected chi connectivity index (χ4v) is 0.778. The second-order valence-corrected chi connectivity index (χ2v) is 2.45. The first-order valence-corrected chi connectivity index (χ1v) is 3.68. The summed E-state index contributed by atoms with van der Waals surface area (Å²) in [6.07, 6.45) is 1.11. The van der Waals surface area contributed by atoms with Crippen LogP contribution in [0.25, 0.3) is 0 Å². The van der Waals surface area contributed by atoms with Gasteiger partial charge in [0.15, 0.2) is 0 Å². The summed E-state index contributed by atoms with van der Waals surface area (Å²) in [5.41, 5.74) is 7.14. The van der Waals surface area contributed by atoms with Crippen molar-refractivity contribution in [1.29, 1.82) is 5.41 Å². The fourth-order valence-electron chi connectivity index (χ4n) is 0.778. The molecule has 0 saturated heterocycles. The summed E-state index contributed by atoms with van der Waals surface area (Å²) >= 11 is 0. The van der Waals surface area contributed by atoms with Gasteiger partial charge in [-0.05, 0) is 12.1 Å². The van der Waals surface area contributed by atoms with Gasteiger partial charge in [-0.3, -0.25) is 5.41 Å². The van der Waals surface area contributed by atoms with Gasteiger partial charge >= 0.3 is 0 Å². The van der Waals surface area contributed by atoms with Crippen LogP contribution < -0.4 is 11.2 Å². The average Bonchev–Trinajstić information content (AvgIpc) is 2.08. The molecular formula is C8H9ClF2N4. The van der Waals surface area contributed by atoms with E-state index in [4.69, 9.17) is 11.1 Å². The van der Waals surface area contributed by atoms with Crippen LogP contribution in [0.4, 0.5) is 8.78 Å². The molecule has 15 heavy (non-hydrogen) atoms. The maximum atomic E-state index is 12.9. The molecule has 0 spiro atoms. The molecule has 4 N–H and O–H groups in total. The molecule has 0 atom stereocenters. The third-order valence-electron chi connectivity index (χ3n) is 1.35. The Morgan fingerprint density at radius 1 is 1.47 bits per heavy atom. The minimum atomic E-state index is -0.723. The first-order chi connectivity index (χ1) is 6.59. The molecule has 0 aliphatic carbocycles. The lowest BCUT2D eigenvalue weighted by atomic mass is 10.2. The number of hydrogen-bond acceptors (Lipinski definition) is 2. The van der Waals surface area contributed by atoms with Crippen molar-refractivity contribution in [3.8, 4) is 0 Å². The molecule has 82 valence electrons. The largest absolute Gasteiger partial charge is 0.369 e. The van der Waals surface area contributed by atoms with E-state index in [2.05, 4.69) is 10.5 Å². The number of hydrogen-bond donors (Lipinski definition) is 3. The van der Waals surface area contributed by atoms with E-state index in [0.29, 0.717) is 0 Å². The SMILES string of the molecule is Cl.N=C(N)NN=Cc1ccc(F)cc1F. The molecule has 0 amide bonds. The second kappa shape index (κ2) is 5.92. The summed E-state index contributed by atoms with van der Waals surface area (Å²) in [4.78, 5) is 0. The van der Waals surface area contributed by atoms with Crippen LogP contribution in [0.1, 0.15) is 5.56 Å². The summed E-state index contributed by atoms with van der Waals surface area (Å²) < 4.78 is 25.4. The van der Waals surface area contributed by atoms with Gasteiger partial charge in [-0.15, -0.1) is 12.4 Å². The van der Waals surface area contributed by atoms with Crippen LogP contribution in [0.5, 0.6) is 0 Å². The maximum absolute atomic E-state index is 12.9. The standard InChI is InChI=1S/C8H8F2N4.ClH/c9-6-2-1-5(7(10)3-6)4-13-14-8(11)12;/h1-4H,(H4,11,12,14);1H. The highest BCUT2D eigenvalue weighted by atomic mass is 35.5. The normalized spacial score (nSPS) is 9.73. The van der Waals surface area contributed by atoms with E-state index >= 15 is 0 Å². The van der Waals surface area contributed by atoms with E-state index in [-0.39, 0.29) is 23.9 Å². The maximum Gasteiger partial charge on any atom is 0.206 e. The lowest BCUT2D eigenvalue weighted by Crippen LogP contribution is -2.25. The Morgan fingerprint density at radius 2 is 2.13 bits per heavy atom. The first-order valence-electron chi connectivity index (χ1n) is 3.68. The van der Waals surface area contributed by atoms with Gasteiger partial charge in [-0.1, -0.05) is 0 Å². The molecule has 0 aliphatic rings. The Labute approximate surface area is 91.1 Å². The van der Waals surface area contributed by atoms with Gasteiger partial charge in [0, 0.05) is 11.6 Å². The van der Waals surface area contributed by atoms with Crippen LogP contribution in [-0.2, 0) is 0 Å². The zero-order valence-corrected chi connectivity index (χ0v) is 8.31. The Kier molecular flexibility index (Phi) is 5.25. The van der Waals surface area contributed by atoms with Gasteiger partial charge in [0.25, 0.3) is 0 Å². The molecule has 1 rings (SSSR count). The van der Waals surface area contributed by atoms with Crippen molar-refractivity contribution in [2.45, 2.75) is 0 Å². The fraction of sp³-hybridized carbons (Fsp3) is 0.